The zero-order chi connectivity index (χ0) is 14.1. The first-order valence-electron chi connectivity index (χ1n) is 7.09. The van der Waals surface area contributed by atoms with Crippen LogP contribution in [0.2, 0.25) is 0 Å². The largest absolute Gasteiger partial charge is 0.257 e. The number of fused-ring (bicyclic) bond motifs is 3. The van der Waals surface area contributed by atoms with Crippen LogP contribution in [-0.2, 0) is 6.42 Å². The van der Waals surface area contributed by atoms with Crippen molar-refractivity contribution in [3.8, 4) is 0 Å². The second-order valence-corrected chi connectivity index (χ2v) is 5.11. The van der Waals surface area contributed by atoms with Crippen LogP contribution < -0.4 is 10.7 Å². The zero-order valence-corrected chi connectivity index (χ0v) is 11.5. The van der Waals surface area contributed by atoms with Crippen molar-refractivity contribution in [2.45, 2.75) is 6.42 Å². The number of rotatable bonds is 0. The van der Waals surface area contributed by atoms with Gasteiger partial charge in [0.1, 0.15) is 0 Å². The predicted octanol–water partition coefficient (Wildman–Crippen LogP) is 2.65. The number of benzene rings is 1. The molecule has 1 aliphatic carbocycles. The maximum absolute atomic E-state index is 4.73. The Morgan fingerprint density at radius 1 is 0.857 bits per heavy atom. The quantitative estimate of drug-likeness (QED) is 0.616. The molecule has 2 aromatic rings. The fraction of sp³-hybridized carbons (Fsp3) is 0.0526. The van der Waals surface area contributed by atoms with E-state index in [1.54, 1.807) is 0 Å². The van der Waals surface area contributed by atoms with E-state index in [1.807, 2.05) is 24.4 Å². The van der Waals surface area contributed by atoms with E-state index in [0.717, 1.165) is 28.0 Å². The van der Waals surface area contributed by atoms with Gasteiger partial charge in [0.2, 0.25) is 0 Å². The molecule has 1 aromatic carbocycles. The molecular weight excluding hydrogens is 256 g/mol. The molecule has 0 spiro atoms. The van der Waals surface area contributed by atoms with Gasteiger partial charge in [0.05, 0.1) is 16.4 Å². The molecule has 0 unspecified atom stereocenters. The normalized spacial score (nSPS) is 13.1. The molecule has 0 amide bonds. The smallest absolute Gasteiger partial charge is 0.0716 e. The lowest BCUT2D eigenvalue weighted by molar-refractivity contribution is 1.14. The van der Waals surface area contributed by atoms with E-state index in [9.17, 15) is 0 Å². The van der Waals surface area contributed by atoms with Gasteiger partial charge in [-0.2, -0.15) is 0 Å². The van der Waals surface area contributed by atoms with Gasteiger partial charge < -0.3 is 0 Å². The van der Waals surface area contributed by atoms with E-state index in [-0.39, 0.29) is 0 Å². The van der Waals surface area contributed by atoms with Crippen molar-refractivity contribution in [1.82, 2.24) is 4.98 Å². The van der Waals surface area contributed by atoms with Gasteiger partial charge in [-0.1, -0.05) is 42.5 Å². The van der Waals surface area contributed by atoms with Gasteiger partial charge in [-0.05, 0) is 36.3 Å². The van der Waals surface area contributed by atoms with E-state index in [2.05, 4.69) is 53.5 Å². The van der Waals surface area contributed by atoms with Crippen molar-refractivity contribution >= 4 is 11.8 Å². The highest BCUT2D eigenvalue weighted by Crippen LogP contribution is 2.15. The molecule has 0 N–H and O–H groups in total. The SMILES string of the molecule is C1=CCc2ccc3c(cccnc2=C1)=c1ccccc1=N3. The lowest BCUT2D eigenvalue weighted by Crippen LogP contribution is -2.12. The minimum absolute atomic E-state index is 0.916. The molecule has 0 atom stereocenters. The van der Waals surface area contributed by atoms with Crippen LogP contribution in [0.15, 0.2) is 71.9 Å². The van der Waals surface area contributed by atoms with Gasteiger partial charge in [0, 0.05) is 16.6 Å². The third-order valence-corrected chi connectivity index (χ3v) is 3.77. The number of allylic oxidation sites excluding steroid dienone is 2. The predicted molar refractivity (Wildman–Crippen MR) is 83.7 cm³/mol. The van der Waals surface area contributed by atoms with Gasteiger partial charge in [-0.15, -0.1) is 0 Å². The summed E-state index contributed by atoms with van der Waals surface area (Å²) in [4.78, 5) is 9.27. The molecule has 4 rings (SSSR count). The van der Waals surface area contributed by atoms with Crippen LogP contribution in [0.1, 0.15) is 5.56 Å². The van der Waals surface area contributed by atoms with Crippen molar-refractivity contribution < 1.29 is 0 Å². The van der Waals surface area contributed by atoms with Crippen LogP contribution in [0.4, 0.5) is 5.69 Å². The molecule has 0 fully saturated rings. The fourth-order valence-electron chi connectivity index (χ4n) is 2.72. The maximum Gasteiger partial charge on any atom is 0.0716 e. The molecule has 100 valence electrons. The van der Waals surface area contributed by atoms with E-state index in [1.165, 1.54) is 10.8 Å². The highest BCUT2D eigenvalue weighted by atomic mass is 14.7. The summed E-state index contributed by atoms with van der Waals surface area (Å²) in [6.07, 6.45) is 9.02. The first kappa shape index (κ1) is 12.0. The molecule has 21 heavy (non-hydrogen) atoms. The molecule has 0 saturated heterocycles. The van der Waals surface area contributed by atoms with Crippen LogP contribution in [0.3, 0.4) is 0 Å². The van der Waals surface area contributed by atoms with Crippen LogP contribution in [0.25, 0.3) is 6.08 Å². The van der Waals surface area contributed by atoms with Gasteiger partial charge in [-0.3, -0.25) is 4.98 Å². The average molecular weight is 270 g/mol. The number of hydrogen-bond acceptors (Lipinski definition) is 2. The van der Waals surface area contributed by atoms with Gasteiger partial charge in [0.15, 0.2) is 0 Å². The lowest BCUT2D eigenvalue weighted by atomic mass is 10.1. The van der Waals surface area contributed by atoms with Gasteiger partial charge in [-0.25, -0.2) is 4.99 Å². The Bertz CT molecular complexity index is 1020. The molecule has 0 bridgehead atoms. The highest BCUT2D eigenvalue weighted by Gasteiger charge is 2.01. The fourth-order valence-corrected chi connectivity index (χ4v) is 2.72. The molecule has 1 aromatic heterocycles. The van der Waals surface area contributed by atoms with Gasteiger partial charge >= 0.3 is 0 Å². The van der Waals surface area contributed by atoms with Gasteiger partial charge in [0.25, 0.3) is 0 Å². The van der Waals surface area contributed by atoms with E-state index >= 15 is 0 Å². The Morgan fingerprint density at radius 2 is 1.76 bits per heavy atom. The maximum atomic E-state index is 4.73. The molecule has 2 aliphatic rings. The van der Waals surface area contributed by atoms with Crippen molar-refractivity contribution in [3.63, 3.8) is 0 Å². The van der Waals surface area contributed by atoms with E-state index in [4.69, 9.17) is 4.99 Å². The van der Waals surface area contributed by atoms with Crippen LogP contribution in [0, 0.1) is 10.4 Å². The molecule has 1 aliphatic heterocycles. The average Bonchev–Trinajstić information content (AvgIpc) is 2.89. The van der Waals surface area contributed by atoms with Crippen LogP contribution in [0.5, 0.6) is 0 Å². The molecular formula is C19H14N2. The summed E-state index contributed by atoms with van der Waals surface area (Å²) in [7, 11) is 0. The minimum Gasteiger partial charge on any atom is -0.257 e. The Balaban J connectivity index is 2.12. The molecule has 2 nitrogen and oxygen atoms in total. The molecule has 2 heterocycles. The summed E-state index contributed by atoms with van der Waals surface area (Å²) in [6, 6.07) is 16.6. The summed E-state index contributed by atoms with van der Waals surface area (Å²) < 4.78 is 0. The summed E-state index contributed by atoms with van der Waals surface area (Å²) in [5.74, 6) is 0. The molecule has 2 heteroatoms. The van der Waals surface area contributed by atoms with E-state index < -0.39 is 0 Å². The van der Waals surface area contributed by atoms with E-state index in [0.29, 0.717) is 0 Å². The second kappa shape index (κ2) is 4.98. The summed E-state index contributed by atoms with van der Waals surface area (Å²) in [5.41, 5.74) is 2.24. The topological polar surface area (TPSA) is 25.2 Å². The lowest BCUT2D eigenvalue weighted by Gasteiger charge is -1.98. The number of para-hydroxylation sites is 1. The third kappa shape index (κ3) is 2.15. The summed E-state index contributed by atoms with van der Waals surface area (Å²) >= 11 is 0. The number of hydrogen-bond donors (Lipinski definition) is 0. The van der Waals surface area contributed by atoms with Crippen LogP contribution in [-0.4, -0.2) is 4.98 Å². The Hall–Kier alpha value is -2.74. The van der Waals surface area contributed by atoms with Crippen LogP contribution >= 0.6 is 0 Å². The molecule has 0 saturated carbocycles. The standard InChI is InChI=1S/C19H14N2/c1-3-9-17-14(6-1)11-12-19-16(8-5-13-20-17)15-7-2-4-10-18(15)21-19/h1-5,7-13H,6H2. The Kier molecular flexibility index (Phi) is 2.86. The zero-order valence-electron chi connectivity index (χ0n) is 11.5. The first-order valence-corrected chi connectivity index (χ1v) is 7.09. The number of aromatic nitrogens is 1. The van der Waals surface area contributed by atoms with Crippen molar-refractivity contribution in [3.05, 3.63) is 93.6 Å². The Labute approximate surface area is 122 Å². The summed E-state index contributed by atoms with van der Waals surface area (Å²) in [5, 5.41) is 4.41. The van der Waals surface area contributed by atoms with Crippen molar-refractivity contribution in [2.75, 3.05) is 0 Å². The first-order chi connectivity index (χ1) is 10.4. The second-order valence-electron chi connectivity index (χ2n) is 5.11. The minimum atomic E-state index is 0.916. The van der Waals surface area contributed by atoms with Crippen molar-refractivity contribution in [2.24, 2.45) is 4.99 Å². The molecule has 0 radical (unpaired) electrons. The van der Waals surface area contributed by atoms with Crippen molar-refractivity contribution in [1.29, 1.82) is 0 Å². The Morgan fingerprint density at radius 3 is 2.76 bits per heavy atom. The third-order valence-electron chi connectivity index (χ3n) is 3.77. The summed E-state index contributed by atoms with van der Waals surface area (Å²) in [6.45, 7) is 0. The highest BCUT2D eigenvalue weighted by molar-refractivity contribution is 5.45. The number of nitrogens with zero attached hydrogens (tertiary/aromatic N) is 2. The monoisotopic (exact) mass is 270 g/mol.